The van der Waals surface area contributed by atoms with Gasteiger partial charge in [0.05, 0.1) is 12.7 Å². The molecule has 0 bridgehead atoms. The Balaban J connectivity index is 2.77. The van der Waals surface area contributed by atoms with Gasteiger partial charge in [0.15, 0.2) is 0 Å². The van der Waals surface area contributed by atoms with E-state index in [1.165, 1.54) is 0 Å². The average molecular weight is 251 g/mol. The fourth-order valence-electron chi connectivity index (χ4n) is 2.11. The molecule has 102 valence electrons. The zero-order valence-electron chi connectivity index (χ0n) is 12.1. The Bertz CT molecular complexity index is 386. The number of aryl methyl sites for hydroxylation is 1. The quantitative estimate of drug-likeness (QED) is 0.816. The van der Waals surface area contributed by atoms with Crippen LogP contribution in [-0.4, -0.2) is 24.8 Å². The number of nitrogens with one attached hydrogen (secondary N) is 1. The van der Waals surface area contributed by atoms with Gasteiger partial charge >= 0.3 is 0 Å². The third kappa shape index (κ3) is 4.00. The highest BCUT2D eigenvalue weighted by Crippen LogP contribution is 2.29. The third-order valence-corrected chi connectivity index (χ3v) is 3.18. The van der Waals surface area contributed by atoms with Crippen LogP contribution in [0.2, 0.25) is 0 Å². The van der Waals surface area contributed by atoms with Crippen molar-refractivity contribution in [2.75, 3.05) is 13.7 Å². The van der Waals surface area contributed by atoms with Gasteiger partial charge in [-0.3, -0.25) is 0 Å². The van der Waals surface area contributed by atoms with Crippen LogP contribution in [0.3, 0.4) is 0 Å². The van der Waals surface area contributed by atoms with Gasteiger partial charge in [-0.25, -0.2) is 0 Å². The van der Waals surface area contributed by atoms with E-state index in [1.807, 2.05) is 32.0 Å². The minimum atomic E-state index is -0.807. The number of methoxy groups -OCH3 is 1. The summed E-state index contributed by atoms with van der Waals surface area (Å²) < 4.78 is 5.18. The Morgan fingerprint density at radius 3 is 2.56 bits per heavy atom. The molecule has 0 saturated heterocycles. The van der Waals surface area contributed by atoms with Crippen molar-refractivity contribution in [2.45, 2.75) is 45.8 Å². The van der Waals surface area contributed by atoms with Gasteiger partial charge in [0.2, 0.25) is 0 Å². The van der Waals surface area contributed by atoms with Crippen LogP contribution in [0.25, 0.3) is 0 Å². The lowest BCUT2D eigenvalue weighted by Crippen LogP contribution is -2.31. The van der Waals surface area contributed by atoms with Gasteiger partial charge in [0.1, 0.15) is 5.75 Å². The summed E-state index contributed by atoms with van der Waals surface area (Å²) in [5.41, 5.74) is 1.22. The highest BCUT2D eigenvalue weighted by Gasteiger charge is 2.24. The average Bonchev–Trinajstić information content (AvgIpc) is 2.27. The van der Waals surface area contributed by atoms with E-state index in [2.05, 4.69) is 19.2 Å². The zero-order chi connectivity index (χ0) is 13.8. The van der Waals surface area contributed by atoms with E-state index in [1.54, 1.807) is 7.11 Å². The van der Waals surface area contributed by atoms with Gasteiger partial charge in [-0.05, 0) is 50.1 Å². The van der Waals surface area contributed by atoms with Crippen molar-refractivity contribution >= 4 is 0 Å². The largest absolute Gasteiger partial charge is 0.497 e. The van der Waals surface area contributed by atoms with Crippen molar-refractivity contribution < 1.29 is 9.84 Å². The number of ether oxygens (including phenoxy) is 1. The van der Waals surface area contributed by atoms with Gasteiger partial charge in [-0.1, -0.05) is 19.9 Å². The predicted octanol–water partition coefficient (Wildman–Crippen LogP) is 2.60. The summed E-state index contributed by atoms with van der Waals surface area (Å²) in [5.74, 6) is 0.826. The summed E-state index contributed by atoms with van der Waals surface area (Å²) in [7, 11) is 1.65. The first-order valence-electron chi connectivity index (χ1n) is 6.47. The first-order valence-corrected chi connectivity index (χ1v) is 6.47. The van der Waals surface area contributed by atoms with Gasteiger partial charge < -0.3 is 15.2 Å². The molecule has 0 aliphatic heterocycles. The van der Waals surface area contributed by atoms with Crippen molar-refractivity contribution in [3.63, 3.8) is 0 Å². The summed E-state index contributed by atoms with van der Waals surface area (Å²) >= 11 is 0. The van der Waals surface area contributed by atoms with Crippen LogP contribution in [0.15, 0.2) is 18.2 Å². The van der Waals surface area contributed by atoms with E-state index >= 15 is 0 Å². The minimum absolute atomic E-state index is 0.442. The smallest absolute Gasteiger partial charge is 0.119 e. The van der Waals surface area contributed by atoms with Crippen LogP contribution in [0.1, 0.15) is 38.3 Å². The summed E-state index contributed by atoms with van der Waals surface area (Å²) in [6, 6.07) is 6.24. The fourth-order valence-corrected chi connectivity index (χ4v) is 2.11. The maximum absolute atomic E-state index is 10.6. The van der Waals surface area contributed by atoms with Gasteiger partial charge in [0, 0.05) is 6.04 Å². The van der Waals surface area contributed by atoms with E-state index in [0.717, 1.165) is 23.4 Å². The van der Waals surface area contributed by atoms with Crippen LogP contribution < -0.4 is 10.1 Å². The number of rotatable bonds is 6. The molecule has 0 saturated carbocycles. The Morgan fingerprint density at radius 2 is 2.06 bits per heavy atom. The van der Waals surface area contributed by atoms with Crippen LogP contribution in [0.4, 0.5) is 0 Å². The second kappa shape index (κ2) is 6.21. The van der Waals surface area contributed by atoms with E-state index in [-0.39, 0.29) is 0 Å². The van der Waals surface area contributed by atoms with Gasteiger partial charge in [-0.2, -0.15) is 0 Å². The van der Waals surface area contributed by atoms with E-state index in [9.17, 15) is 5.11 Å². The molecule has 0 aromatic heterocycles. The molecule has 0 spiro atoms. The Morgan fingerprint density at radius 1 is 1.39 bits per heavy atom. The molecule has 0 fully saturated rings. The standard InChI is InChI=1S/C15H25NO2/c1-11(2)16-9-8-15(4,17)14-7-6-13(18-5)10-12(14)3/h6-7,10-11,16-17H,8-9H2,1-5H3. The lowest BCUT2D eigenvalue weighted by molar-refractivity contribution is 0.0469. The normalized spacial score (nSPS) is 14.6. The summed E-state index contributed by atoms with van der Waals surface area (Å²) in [6.45, 7) is 8.88. The molecule has 1 aromatic carbocycles. The molecule has 2 N–H and O–H groups in total. The number of hydrogen-bond donors (Lipinski definition) is 2. The van der Waals surface area contributed by atoms with E-state index < -0.39 is 5.60 Å². The minimum Gasteiger partial charge on any atom is -0.497 e. The summed E-state index contributed by atoms with van der Waals surface area (Å²) in [6.07, 6.45) is 0.693. The highest BCUT2D eigenvalue weighted by molar-refractivity contribution is 5.37. The maximum atomic E-state index is 10.6. The molecule has 1 aromatic rings. The molecule has 1 unspecified atom stereocenters. The Labute approximate surface area is 110 Å². The van der Waals surface area contributed by atoms with Gasteiger partial charge in [0.25, 0.3) is 0 Å². The molecular formula is C15H25NO2. The third-order valence-electron chi connectivity index (χ3n) is 3.18. The Hall–Kier alpha value is -1.06. The van der Waals surface area contributed by atoms with E-state index in [0.29, 0.717) is 12.5 Å². The van der Waals surface area contributed by atoms with Crippen molar-refractivity contribution in [1.29, 1.82) is 0 Å². The molecule has 0 aliphatic carbocycles. The summed E-state index contributed by atoms with van der Waals surface area (Å²) in [5, 5.41) is 13.9. The van der Waals surface area contributed by atoms with Crippen molar-refractivity contribution in [3.05, 3.63) is 29.3 Å². The first-order chi connectivity index (χ1) is 8.36. The molecule has 0 amide bonds. The van der Waals surface area contributed by atoms with Crippen LogP contribution in [-0.2, 0) is 5.60 Å². The van der Waals surface area contributed by atoms with Crippen LogP contribution in [0, 0.1) is 6.92 Å². The Kier molecular flexibility index (Phi) is 5.17. The van der Waals surface area contributed by atoms with Crippen molar-refractivity contribution in [2.24, 2.45) is 0 Å². The highest BCUT2D eigenvalue weighted by atomic mass is 16.5. The molecule has 18 heavy (non-hydrogen) atoms. The molecule has 0 heterocycles. The van der Waals surface area contributed by atoms with E-state index in [4.69, 9.17) is 4.74 Å². The second-order valence-corrected chi connectivity index (χ2v) is 5.31. The summed E-state index contributed by atoms with van der Waals surface area (Å²) in [4.78, 5) is 0. The number of hydrogen-bond acceptors (Lipinski definition) is 3. The SMILES string of the molecule is COc1ccc(C(C)(O)CCNC(C)C)c(C)c1. The molecule has 1 atom stereocenters. The molecule has 3 heteroatoms. The second-order valence-electron chi connectivity index (χ2n) is 5.31. The van der Waals surface area contributed by atoms with Gasteiger partial charge in [-0.15, -0.1) is 0 Å². The molecule has 3 nitrogen and oxygen atoms in total. The predicted molar refractivity (Wildman–Crippen MR) is 75.1 cm³/mol. The van der Waals surface area contributed by atoms with Crippen LogP contribution >= 0.6 is 0 Å². The fraction of sp³-hybridized carbons (Fsp3) is 0.600. The van der Waals surface area contributed by atoms with Crippen LogP contribution in [0.5, 0.6) is 5.75 Å². The first kappa shape index (κ1) is 15.0. The molecule has 0 radical (unpaired) electrons. The molecule has 0 aliphatic rings. The van der Waals surface area contributed by atoms with Crippen molar-refractivity contribution in [3.8, 4) is 5.75 Å². The lowest BCUT2D eigenvalue weighted by Gasteiger charge is -2.26. The molecule has 1 rings (SSSR count). The maximum Gasteiger partial charge on any atom is 0.119 e. The lowest BCUT2D eigenvalue weighted by atomic mass is 9.89. The number of aliphatic hydroxyl groups is 1. The van der Waals surface area contributed by atoms with Crippen molar-refractivity contribution in [1.82, 2.24) is 5.32 Å². The molecular weight excluding hydrogens is 226 g/mol. The monoisotopic (exact) mass is 251 g/mol. The number of benzene rings is 1. The topological polar surface area (TPSA) is 41.5 Å². The zero-order valence-corrected chi connectivity index (χ0v) is 12.1.